The Morgan fingerprint density at radius 3 is 2.68 bits per heavy atom. The molecule has 1 heterocycles. The highest BCUT2D eigenvalue weighted by Gasteiger charge is 1.99. The van der Waals surface area contributed by atoms with Gasteiger partial charge in [-0.1, -0.05) is 30.3 Å². The third-order valence-electron chi connectivity index (χ3n) is 3.09. The van der Waals surface area contributed by atoms with Crippen LogP contribution in [0.4, 0.5) is 0 Å². The smallest absolute Gasteiger partial charge is 0.0524 e. The Morgan fingerprint density at radius 2 is 1.95 bits per heavy atom. The zero-order valence-corrected chi connectivity index (χ0v) is 11.4. The van der Waals surface area contributed by atoms with E-state index in [9.17, 15) is 5.11 Å². The fraction of sp³-hybridized carbons (Fsp3) is 0.375. The highest BCUT2D eigenvalue weighted by Crippen LogP contribution is 2.06. The fourth-order valence-corrected chi connectivity index (χ4v) is 2.03. The quantitative estimate of drug-likeness (QED) is 0.748. The molecule has 0 aliphatic rings. The second kappa shape index (κ2) is 7.12. The van der Waals surface area contributed by atoms with E-state index in [0.29, 0.717) is 0 Å². The summed E-state index contributed by atoms with van der Waals surface area (Å²) in [4.78, 5) is 0. The monoisotopic (exact) mass is 258 g/mol. The molecule has 0 bridgehead atoms. The number of aromatic nitrogens is 1. The SMILES string of the molecule is CC(O)CCNCc1ccn(Cc2ccccc2)c1. The van der Waals surface area contributed by atoms with Gasteiger partial charge >= 0.3 is 0 Å². The van der Waals surface area contributed by atoms with Gasteiger partial charge in [0.15, 0.2) is 0 Å². The molecule has 0 saturated heterocycles. The molecule has 0 saturated carbocycles. The van der Waals surface area contributed by atoms with Gasteiger partial charge < -0.3 is 15.0 Å². The maximum atomic E-state index is 9.17. The van der Waals surface area contributed by atoms with E-state index in [4.69, 9.17) is 0 Å². The molecule has 1 unspecified atom stereocenters. The Morgan fingerprint density at radius 1 is 1.16 bits per heavy atom. The van der Waals surface area contributed by atoms with Crippen molar-refractivity contribution in [1.29, 1.82) is 0 Å². The Labute approximate surface area is 114 Å². The van der Waals surface area contributed by atoms with Crippen molar-refractivity contribution in [2.75, 3.05) is 6.54 Å². The molecule has 0 radical (unpaired) electrons. The lowest BCUT2D eigenvalue weighted by Crippen LogP contribution is -2.18. The summed E-state index contributed by atoms with van der Waals surface area (Å²) in [6.45, 7) is 4.43. The first-order chi connectivity index (χ1) is 9.24. The van der Waals surface area contributed by atoms with Crippen LogP contribution in [0, 0.1) is 0 Å². The third kappa shape index (κ3) is 4.89. The molecule has 0 spiro atoms. The molecule has 0 fully saturated rings. The topological polar surface area (TPSA) is 37.2 Å². The number of aliphatic hydroxyl groups is 1. The van der Waals surface area contributed by atoms with Crippen molar-refractivity contribution in [2.45, 2.75) is 32.5 Å². The standard InChI is InChI=1S/C16H22N2O/c1-14(19)7-9-17-11-16-8-10-18(13-16)12-15-5-3-2-4-6-15/h2-6,8,10,13-14,17,19H,7,9,11-12H2,1H3. The van der Waals surface area contributed by atoms with Crippen molar-refractivity contribution in [1.82, 2.24) is 9.88 Å². The largest absolute Gasteiger partial charge is 0.393 e. The van der Waals surface area contributed by atoms with E-state index < -0.39 is 0 Å². The molecule has 0 aliphatic heterocycles. The van der Waals surface area contributed by atoms with E-state index in [1.54, 1.807) is 0 Å². The van der Waals surface area contributed by atoms with Crippen molar-refractivity contribution >= 4 is 0 Å². The molecular formula is C16H22N2O. The lowest BCUT2D eigenvalue weighted by Gasteiger charge is -2.05. The maximum absolute atomic E-state index is 9.17. The predicted molar refractivity (Wildman–Crippen MR) is 78.0 cm³/mol. The minimum absolute atomic E-state index is 0.227. The van der Waals surface area contributed by atoms with Crippen LogP contribution in [0.5, 0.6) is 0 Å². The van der Waals surface area contributed by atoms with Gasteiger partial charge in [-0.05, 0) is 37.1 Å². The second-order valence-corrected chi connectivity index (χ2v) is 4.99. The zero-order chi connectivity index (χ0) is 13.5. The number of aliphatic hydroxyl groups excluding tert-OH is 1. The average molecular weight is 258 g/mol. The van der Waals surface area contributed by atoms with Crippen molar-refractivity contribution in [3.05, 3.63) is 59.9 Å². The summed E-state index contributed by atoms with van der Waals surface area (Å²) < 4.78 is 2.20. The molecule has 3 heteroatoms. The first kappa shape index (κ1) is 13.8. The molecule has 19 heavy (non-hydrogen) atoms. The Bertz CT molecular complexity index is 477. The predicted octanol–water partition coefficient (Wildman–Crippen LogP) is 2.40. The number of hydrogen-bond acceptors (Lipinski definition) is 2. The molecule has 1 aromatic carbocycles. The second-order valence-electron chi connectivity index (χ2n) is 4.99. The molecular weight excluding hydrogens is 236 g/mol. The average Bonchev–Trinajstić information content (AvgIpc) is 2.83. The van der Waals surface area contributed by atoms with Crippen LogP contribution in [0.1, 0.15) is 24.5 Å². The van der Waals surface area contributed by atoms with E-state index >= 15 is 0 Å². The highest BCUT2D eigenvalue weighted by atomic mass is 16.3. The summed E-state index contributed by atoms with van der Waals surface area (Å²) in [6.07, 6.45) is 4.85. The van der Waals surface area contributed by atoms with Crippen molar-refractivity contribution in [3.8, 4) is 0 Å². The zero-order valence-electron chi connectivity index (χ0n) is 11.4. The molecule has 2 N–H and O–H groups in total. The van der Waals surface area contributed by atoms with E-state index in [0.717, 1.165) is 26.1 Å². The molecule has 2 aromatic rings. The lowest BCUT2D eigenvalue weighted by atomic mass is 10.2. The number of nitrogens with zero attached hydrogens (tertiary/aromatic N) is 1. The summed E-state index contributed by atoms with van der Waals surface area (Å²) in [7, 11) is 0. The molecule has 102 valence electrons. The molecule has 0 amide bonds. The van der Waals surface area contributed by atoms with Crippen LogP contribution in [-0.2, 0) is 13.1 Å². The molecule has 1 atom stereocenters. The van der Waals surface area contributed by atoms with Crippen LogP contribution in [0.25, 0.3) is 0 Å². The van der Waals surface area contributed by atoms with Crippen LogP contribution in [0.2, 0.25) is 0 Å². The van der Waals surface area contributed by atoms with Gasteiger partial charge in [-0.25, -0.2) is 0 Å². The molecule has 3 nitrogen and oxygen atoms in total. The van der Waals surface area contributed by atoms with Gasteiger partial charge in [0.05, 0.1) is 6.10 Å². The van der Waals surface area contributed by atoms with Crippen molar-refractivity contribution < 1.29 is 5.11 Å². The summed E-state index contributed by atoms with van der Waals surface area (Å²) in [6, 6.07) is 12.6. The van der Waals surface area contributed by atoms with Gasteiger partial charge in [-0.15, -0.1) is 0 Å². The number of hydrogen-bond donors (Lipinski definition) is 2. The van der Waals surface area contributed by atoms with Gasteiger partial charge in [0.25, 0.3) is 0 Å². The number of rotatable bonds is 7. The first-order valence-electron chi connectivity index (χ1n) is 6.81. The van der Waals surface area contributed by atoms with Crippen LogP contribution in [0.15, 0.2) is 48.8 Å². The maximum Gasteiger partial charge on any atom is 0.0524 e. The Hall–Kier alpha value is -1.58. The van der Waals surface area contributed by atoms with Crippen molar-refractivity contribution in [2.24, 2.45) is 0 Å². The molecule has 1 aromatic heterocycles. The summed E-state index contributed by atoms with van der Waals surface area (Å²) >= 11 is 0. The minimum Gasteiger partial charge on any atom is -0.393 e. The van der Waals surface area contributed by atoms with Gasteiger partial charge in [-0.3, -0.25) is 0 Å². The third-order valence-corrected chi connectivity index (χ3v) is 3.09. The van der Waals surface area contributed by atoms with E-state index in [2.05, 4.69) is 52.6 Å². The summed E-state index contributed by atoms with van der Waals surface area (Å²) in [5.74, 6) is 0. The van der Waals surface area contributed by atoms with Gasteiger partial charge in [-0.2, -0.15) is 0 Å². The first-order valence-corrected chi connectivity index (χ1v) is 6.81. The van der Waals surface area contributed by atoms with Gasteiger partial charge in [0.1, 0.15) is 0 Å². The molecule has 2 rings (SSSR count). The van der Waals surface area contributed by atoms with Crippen molar-refractivity contribution in [3.63, 3.8) is 0 Å². The van der Waals surface area contributed by atoms with Crippen LogP contribution < -0.4 is 5.32 Å². The fourth-order valence-electron chi connectivity index (χ4n) is 2.03. The minimum atomic E-state index is -0.227. The Balaban J connectivity index is 1.79. The summed E-state index contributed by atoms with van der Waals surface area (Å²) in [5, 5.41) is 12.5. The van der Waals surface area contributed by atoms with E-state index in [1.165, 1.54) is 11.1 Å². The number of nitrogens with one attached hydrogen (secondary N) is 1. The number of benzene rings is 1. The summed E-state index contributed by atoms with van der Waals surface area (Å²) in [5.41, 5.74) is 2.59. The van der Waals surface area contributed by atoms with Crippen LogP contribution in [-0.4, -0.2) is 22.3 Å². The van der Waals surface area contributed by atoms with Crippen LogP contribution >= 0.6 is 0 Å². The van der Waals surface area contributed by atoms with Gasteiger partial charge in [0.2, 0.25) is 0 Å². The van der Waals surface area contributed by atoms with Gasteiger partial charge in [0, 0.05) is 25.5 Å². The lowest BCUT2D eigenvalue weighted by molar-refractivity contribution is 0.183. The molecule has 0 aliphatic carbocycles. The highest BCUT2D eigenvalue weighted by molar-refractivity contribution is 5.17. The van der Waals surface area contributed by atoms with E-state index in [1.807, 2.05) is 13.0 Å². The normalized spacial score (nSPS) is 12.5. The Kier molecular flexibility index (Phi) is 5.19. The van der Waals surface area contributed by atoms with Crippen LogP contribution in [0.3, 0.4) is 0 Å². The van der Waals surface area contributed by atoms with E-state index in [-0.39, 0.29) is 6.10 Å².